The molecule has 1 aromatic rings. The lowest BCUT2D eigenvalue weighted by atomic mass is 9.88. The van der Waals surface area contributed by atoms with Gasteiger partial charge >= 0.3 is 0 Å². The van der Waals surface area contributed by atoms with Crippen molar-refractivity contribution in [3.63, 3.8) is 0 Å². The van der Waals surface area contributed by atoms with E-state index in [1.165, 1.54) is 25.7 Å². The topological polar surface area (TPSA) is 29.1 Å². The number of rotatable bonds is 4. The smallest absolute Gasteiger partial charge is 0.251 e. The Hall–Kier alpha value is -0.540. The molecule has 1 amide bonds. The number of alkyl halides is 1. The standard InChI is InChI=1S/C15H19BrClNO/c1-11-12(5-4-6-13(11)17)14(19)18-10-15(9-16)7-2-3-8-15/h4-6H,2-3,7-10H2,1H3,(H,18,19). The van der Waals surface area contributed by atoms with Crippen molar-refractivity contribution in [1.82, 2.24) is 5.32 Å². The van der Waals surface area contributed by atoms with E-state index in [0.717, 1.165) is 17.4 Å². The minimum atomic E-state index is -0.0211. The molecule has 0 bridgehead atoms. The van der Waals surface area contributed by atoms with E-state index < -0.39 is 0 Å². The van der Waals surface area contributed by atoms with Crippen molar-refractivity contribution in [2.75, 3.05) is 11.9 Å². The number of hydrogen-bond acceptors (Lipinski definition) is 1. The fraction of sp³-hybridized carbons (Fsp3) is 0.533. The van der Waals surface area contributed by atoms with Gasteiger partial charge in [0.05, 0.1) is 0 Å². The highest BCUT2D eigenvalue weighted by Crippen LogP contribution is 2.39. The monoisotopic (exact) mass is 343 g/mol. The summed E-state index contributed by atoms with van der Waals surface area (Å²) in [4.78, 5) is 12.2. The van der Waals surface area contributed by atoms with Crippen LogP contribution in [0.15, 0.2) is 18.2 Å². The van der Waals surface area contributed by atoms with Crippen molar-refractivity contribution in [1.29, 1.82) is 0 Å². The average Bonchev–Trinajstić information content (AvgIpc) is 2.89. The number of amides is 1. The SMILES string of the molecule is Cc1c(Cl)cccc1C(=O)NCC1(CBr)CCCC1. The second-order valence-corrected chi connectivity index (χ2v) is 6.40. The highest BCUT2D eigenvalue weighted by molar-refractivity contribution is 9.09. The Morgan fingerprint density at radius 2 is 2.11 bits per heavy atom. The fourth-order valence-electron chi connectivity index (χ4n) is 2.70. The summed E-state index contributed by atoms with van der Waals surface area (Å²) in [6.45, 7) is 2.62. The summed E-state index contributed by atoms with van der Waals surface area (Å²) in [5.74, 6) is -0.0211. The summed E-state index contributed by atoms with van der Waals surface area (Å²) in [6.07, 6.45) is 4.90. The number of benzene rings is 1. The molecule has 1 aliphatic carbocycles. The molecule has 0 saturated heterocycles. The fourth-order valence-corrected chi connectivity index (χ4v) is 3.63. The van der Waals surface area contributed by atoms with E-state index in [-0.39, 0.29) is 11.3 Å². The van der Waals surface area contributed by atoms with Gasteiger partial charge in [-0.3, -0.25) is 4.79 Å². The van der Waals surface area contributed by atoms with Crippen LogP contribution in [-0.2, 0) is 0 Å². The van der Waals surface area contributed by atoms with Crippen molar-refractivity contribution < 1.29 is 4.79 Å². The van der Waals surface area contributed by atoms with Crippen LogP contribution in [0.2, 0.25) is 5.02 Å². The maximum absolute atomic E-state index is 12.2. The van der Waals surface area contributed by atoms with Gasteiger partial charge < -0.3 is 5.32 Å². The van der Waals surface area contributed by atoms with E-state index in [1.807, 2.05) is 25.1 Å². The predicted octanol–water partition coefficient (Wildman–Crippen LogP) is 4.33. The van der Waals surface area contributed by atoms with Crippen LogP contribution in [-0.4, -0.2) is 17.8 Å². The third-order valence-electron chi connectivity index (χ3n) is 4.08. The van der Waals surface area contributed by atoms with Crippen LogP contribution >= 0.6 is 27.5 Å². The molecule has 2 rings (SSSR count). The number of carbonyl (C=O) groups excluding carboxylic acids is 1. The Bertz CT molecular complexity index is 469. The van der Waals surface area contributed by atoms with Gasteiger partial charge in [0.2, 0.25) is 0 Å². The zero-order valence-corrected chi connectivity index (χ0v) is 13.5. The number of halogens is 2. The van der Waals surface area contributed by atoms with Crippen LogP contribution in [0.25, 0.3) is 0 Å². The van der Waals surface area contributed by atoms with Crippen molar-refractivity contribution in [3.8, 4) is 0 Å². The van der Waals surface area contributed by atoms with Gasteiger partial charge in [-0.2, -0.15) is 0 Å². The zero-order valence-electron chi connectivity index (χ0n) is 11.1. The second-order valence-electron chi connectivity index (χ2n) is 5.44. The van der Waals surface area contributed by atoms with E-state index in [1.54, 1.807) is 0 Å². The minimum absolute atomic E-state index is 0.0211. The van der Waals surface area contributed by atoms with Crippen LogP contribution in [0.3, 0.4) is 0 Å². The normalized spacial score (nSPS) is 17.4. The van der Waals surface area contributed by atoms with Gasteiger partial charge in [0.25, 0.3) is 5.91 Å². The third-order valence-corrected chi connectivity index (χ3v) is 5.68. The molecule has 0 aliphatic heterocycles. The molecule has 104 valence electrons. The maximum Gasteiger partial charge on any atom is 0.251 e. The van der Waals surface area contributed by atoms with Crippen LogP contribution in [0.1, 0.15) is 41.6 Å². The first-order chi connectivity index (χ1) is 9.08. The van der Waals surface area contributed by atoms with Crippen molar-refractivity contribution >= 4 is 33.4 Å². The molecule has 1 saturated carbocycles. The quantitative estimate of drug-likeness (QED) is 0.809. The lowest BCUT2D eigenvalue weighted by molar-refractivity contribution is 0.0935. The Kier molecular flexibility index (Phi) is 4.91. The Balaban J connectivity index is 2.03. The van der Waals surface area contributed by atoms with Gasteiger partial charge in [0.1, 0.15) is 0 Å². The Morgan fingerprint density at radius 3 is 2.74 bits per heavy atom. The van der Waals surface area contributed by atoms with Crippen molar-refractivity contribution in [3.05, 3.63) is 34.3 Å². The first kappa shape index (κ1) is 14.9. The molecule has 4 heteroatoms. The molecule has 1 fully saturated rings. The summed E-state index contributed by atoms with van der Waals surface area (Å²) >= 11 is 9.65. The van der Waals surface area contributed by atoms with E-state index in [2.05, 4.69) is 21.2 Å². The molecule has 0 aromatic heterocycles. The van der Waals surface area contributed by atoms with E-state index in [9.17, 15) is 4.79 Å². The van der Waals surface area contributed by atoms with Crippen LogP contribution < -0.4 is 5.32 Å². The summed E-state index contributed by atoms with van der Waals surface area (Å²) in [6, 6.07) is 5.46. The van der Waals surface area contributed by atoms with Crippen LogP contribution in [0.4, 0.5) is 0 Å². The molecule has 0 atom stereocenters. The largest absolute Gasteiger partial charge is 0.351 e. The number of nitrogens with one attached hydrogen (secondary N) is 1. The lowest BCUT2D eigenvalue weighted by Gasteiger charge is -2.26. The maximum atomic E-state index is 12.2. The van der Waals surface area contributed by atoms with E-state index in [0.29, 0.717) is 10.6 Å². The van der Waals surface area contributed by atoms with Gasteiger partial charge in [-0.1, -0.05) is 46.4 Å². The molecule has 19 heavy (non-hydrogen) atoms. The predicted molar refractivity (Wildman–Crippen MR) is 83.2 cm³/mol. The summed E-state index contributed by atoms with van der Waals surface area (Å²) < 4.78 is 0. The van der Waals surface area contributed by atoms with Gasteiger partial charge in [0.15, 0.2) is 0 Å². The van der Waals surface area contributed by atoms with E-state index >= 15 is 0 Å². The lowest BCUT2D eigenvalue weighted by Crippen LogP contribution is -2.37. The first-order valence-electron chi connectivity index (χ1n) is 6.67. The van der Waals surface area contributed by atoms with Gasteiger partial charge in [-0.25, -0.2) is 0 Å². The molecule has 1 aromatic carbocycles. The summed E-state index contributed by atoms with van der Waals surface area (Å²) in [5, 5.41) is 4.67. The number of hydrogen-bond donors (Lipinski definition) is 1. The van der Waals surface area contributed by atoms with Gasteiger partial charge in [0, 0.05) is 22.5 Å². The molecule has 0 radical (unpaired) electrons. The second kappa shape index (κ2) is 6.27. The third kappa shape index (κ3) is 3.32. The molecule has 0 unspecified atom stereocenters. The summed E-state index contributed by atoms with van der Waals surface area (Å²) in [5.41, 5.74) is 1.76. The average molecular weight is 345 g/mol. The highest BCUT2D eigenvalue weighted by Gasteiger charge is 2.33. The molecule has 2 nitrogen and oxygen atoms in total. The molecular formula is C15H19BrClNO. The van der Waals surface area contributed by atoms with Gasteiger partial charge in [-0.05, 0) is 42.9 Å². The van der Waals surface area contributed by atoms with Crippen LogP contribution in [0.5, 0.6) is 0 Å². The molecular weight excluding hydrogens is 326 g/mol. The van der Waals surface area contributed by atoms with Crippen molar-refractivity contribution in [2.45, 2.75) is 32.6 Å². The van der Waals surface area contributed by atoms with Crippen molar-refractivity contribution in [2.24, 2.45) is 5.41 Å². The van der Waals surface area contributed by atoms with E-state index in [4.69, 9.17) is 11.6 Å². The first-order valence-corrected chi connectivity index (χ1v) is 8.17. The Morgan fingerprint density at radius 1 is 1.42 bits per heavy atom. The van der Waals surface area contributed by atoms with Gasteiger partial charge in [-0.15, -0.1) is 0 Å². The van der Waals surface area contributed by atoms with Crippen LogP contribution in [0, 0.1) is 12.3 Å². The molecule has 0 heterocycles. The zero-order chi connectivity index (χ0) is 13.9. The molecule has 1 aliphatic rings. The molecule has 1 N–H and O–H groups in total. The number of carbonyl (C=O) groups is 1. The Labute approximate surface area is 128 Å². The molecule has 0 spiro atoms. The minimum Gasteiger partial charge on any atom is -0.351 e. The highest BCUT2D eigenvalue weighted by atomic mass is 79.9. The summed E-state index contributed by atoms with van der Waals surface area (Å²) in [7, 11) is 0.